The molecule has 0 saturated heterocycles. The predicted octanol–water partition coefficient (Wildman–Crippen LogP) is 0.847. The third-order valence-electron chi connectivity index (χ3n) is 0.358. The molecular weight excluding hydrogens is 163 g/mol. The second-order valence-electron chi connectivity index (χ2n) is 0.813. The van der Waals surface area contributed by atoms with Crippen LogP contribution in [0.15, 0.2) is 24.4 Å². The minimum absolute atomic E-state index is 0. The molecule has 0 heterocycles. The van der Waals surface area contributed by atoms with E-state index in [2.05, 4.69) is 6.92 Å². The van der Waals surface area contributed by atoms with Crippen LogP contribution in [0.3, 0.4) is 0 Å². The van der Waals surface area contributed by atoms with Crippen LogP contribution in [0.5, 0.6) is 0 Å². The molecule has 37 valence electrons. The van der Waals surface area contributed by atoms with Gasteiger partial charge in [-0.1, -0.05) is 0 Å². The molecule has 7 heavy (non-hydrogen) atoms. The van der Waals surface area contributed by atoms with Crippen molar-refractivity contribution in [3.8, 4) is 0 Å². The Labute approximate surface area is 69.5 Å². The Morgan fingerprint density at radius 3 is 2.00 bits per heavy atom. The molecule has 2 N–H and O–H groups in total. The molecule has 0 unspecified atom stereocenters. The molecule has 0 aliphatic rings. The van der Waals surface area contributed by atoms with Crippen molar-refractivity contribution in [2.24, 2.45) is 5.73 Å². The van der Waals surface area contributed by atoms with Gasteiger partial charge in [0.2, 0.25) is 0 Å². The minimum atomic E-state index is 0. The average Bonchev–Trinajstić information content (AvgIpc) is 1.61. The van der Waals surface area contributed by atoms with Gasteiger partial charge in [0, 0.05) is 32.7 Å². The molecule has 0 saturated carbocycles. The zero-order chi connectivity index (χ0) is 4.83. The zero-order valence-electron chi connectivity index (χ0n) is 4.17. The van der Waals surface area contributed by atoms with Gasteiger partial charge < -0.3 is 5.73 Å². The van der Waals surface area contributed by atoms with Crippen LogP contribution < -0.4 is 5.73 Å². The van der Waals surface area contributed by atoms with Crippen molar-refractivity contribution >= 4 is 0 Å². The van der Waals surface area contributed by atoms with Crippen molar-refractivity contribution < 1.29 is 32.7 Å². The number of allylic oxidation sites excluding steroid dienone is 3. The molecule has 0 atom stereocenters. The van der Waals surface area contributed by atoms with Crippen molar-refractivity contribution in [2.75, 3.05) is 0 Å². The molecular formula is C5H8NY-. The number of rotatable bonds is 1. The van der Waals surface area contributed by atoms with E-state index in [0.29, 0.717) is 0 Å². The normalized spacial score (nSPS) is 9.71. The molecule has 0 bridgehead atoms. The standard InChI is InChI=1S/C5H8N.Y/c1-2-3-4-5-6;/h2-5H,1,6H2;/q-1;/b3-2+,5-4+;. The Balaban J connectivity index is 0. The van der Waals surface area contributed by atoms with Crippen molar-refractivity contribution in [3.05, 3.63) is 31.4 Å². The summed E-state index contributed by atoms with van der Waals surface area (Å²) >= 11 is 0. The van der Waals surface area contributed by atoms with Gasteiger partial charge >= 0.3 is 0 Å². The fourth-order valence-electron chi connectivity index (χ4n) is 0.143. The SMILES string of the molecule is [CH2-]/C=C/C=C/N.[Y]. The summed E-state index contributed by atoms with van der Waals surface area (Å²) in [6.07, 6.45) is 6.61. The van der Waals surface area contributed by atoms with Crippen molar-refractivity contribution in [2.45, 2.75) is 0 Å². The molecule has 1 radical (unpaired) electrons. The summed E-state index contributed by atoms with van der Waals surface area (Å²) in [7, 11) is 0. The molecule has 0 aliphatic heterocycles. The minimum Gasteiger partial charge on any atom is -0.406 e. The van der Waals surface area contributed by atoms with E-state index in [9.17, 15) is 0 Å². The van der Waals surface area contributed by atoms with Gasteiger partial charge in [-0.05, 0) is 6.20 Å². The number of hydrogen-bond acceptors (Lipinski definition) is 1. The summed E-state index contributed by atoms with van der Waals surface area (Å²) in [5.41, 5.74) is 4.96. The maximum atomic E-state index is 4.96. The van der Waals surface area contributed by atoms with E-state index in [1.807, 2.05) is 0 Å². The molecule has 0 aromatic heterocycles. The van der Waals surface area contributed by atoms with E-state index < -0.39 is 0 Å². The Bertz CT molecular complexity index is 56.5. The molecule has 0 rings (SSSR count). The van der Waals surface area contributed by atoms with Gasteiger partial charge in [-0.15, -0.1) is 6.08 Å². The summed E-state index contributed by atoms with van der Waals surface area (Å²) in [5.74, 6) is 0. The van der Waals surface area contributed by atoms with E-state index in [-0.39, 0.29) is 32.7 Å². The first-order valence-electron chi connectivity index (χ1n) is 1.74. The first kappa shape index (κ1) is 10.3. The summed E-state index contributed by atoms with van der Waals surface area (Å²) in [6, 6.07) is 0. The topological polar surface area (TPSA) is 26.0 Å². The van der Waals surface area contributed by atoms with Crippen LogP contribution in [-0.2, 0) is 32.7 Å². The molecule has 0 aromatic carbocycles. The summed E-state index contributed by atoms with van der Waals surface area (Å²) < 4.78 is 0. The van der Waals surface area contributed by atoms with E-state index in [1.54, 1.807) is 18.2 Å². The van der Waals surface area contributed by atoms with Crippen LogP contribution >= 0.6 is 0 Å². The van der Waals surface area contributed by atoms with E-state index >= 15 is 0 Å². The van der Waals surface area contributed by atoms with Crippen LogP contribution in [-0.4, -0.2) is 0 Å². The van der Waals surface area contributed by atoms with Crippen LogP contribution in [0.1, 0.15) is 0 Å². The molecule has 0 spiro atoms. The molecule has 2 heteroatoms. The fourth-order valence-corrected chi connectivity index (χ4v) is 0.143. The Hall–Kier alpha value is 0.254. The van der Waals surface area contributed by atoms with Gasteiger partial charge in [-0.25, -0.2) is 19.1 Å². The first-order chi connectivity index (χ1) is 2.91. The van der Waals surface area contributed by atoms with Gasteiger partial charge in [-0.3, -0.25) is 0 Å². The van der Waals surface area contributed by atoms with Crippen LogP contribution in [0.4, 0.5) is 0 Å². The van der Waals surface area contributed by atoms with Crippen LogP contribution in [0.2, 0.25) is 0 Å². The molecule has 0 amide bonds. The zero-order valence-corrected chi connectivity index (χ0v) is 7.01. The summed E-state index contributed by atoms with van der Waals surface area (Å²) in [6.45, 7) is 3.44. The van der Waals surface area contributed by atoms with Crippen molar-refractivity contribution in [1.82, 2.24) is 0 Å². The Morgan fingerprint density at radius 1 is 1.29 bits per heavy atom. The second kappa shape index (κ2) is 9.54. The Kier molecular flexibility index (Phi) is 14.0. The van der Waals surface area contributed by atoms with Crippen molar-refractivity contribution in [3.63, 3.8) is 0 Å². The first-order valence-corrected chi connectivity index (χ1v) is 1.74. The largest absolute Gasteiger partial charge is 0.406 e. The Morgan fingerprint density at radius 2 is 1.86 bits per heavy atom. The van der Waals surface area contributed by atoms with Gasteiger partial charge in [0.05, 0.1) is 0 Å². The molecule has 0 fully saturated rings. The van der Waals surface area contributed by atoms with Crippen molar-refractivity contribution in [1.29, 1.82) is 0 Å². The van der Waals surface area contributed by atoms with E-state index in [0.717, 1.165) is 0 Å². The molecule has 1 nitrogen and oxygen atoms in total. The number of nitrogens with two attached hydrogens (primary N) is 1. The smallest absolute Gasteiger partial charge is 0 e. The molecule has 0 aromatic rings. The third kappa shape index (κ3) is 10.7. The quantitative estimate of drug-likeness (QED) is 0.459. The fraction of sp³-hybridized carbons (Fsp3) is 0. The predicted molar refractivity (Wildman–Crippen MR) is 27.8 cm³/mol. The van der Waals surface area contributed by atoms with Gasteiger partial charge in [0.15, 0.2) is 0 Å². The van der Waals surface area contributed by atoms with E-state index in [4.69, 9.17) is 5.73 Å². The maximum absolute atomic E-state index is 4.96. The third-order valence-corrected chi connectivity index (χ3v) is 0.358. The van der Waals surface area contributed by atoms with Gasteiger partial charge in [0.1, 0.15) is 0 Å². The second-order valence-corrected chi connectivity index (χ2v) is 0.813. The monoisotopic (exact) mass is 171 g/mol. The summed E-state index contributed by atoms with van der Waals surface area (Å²) in [5, 5.41) is 0. The average molecular weight is 171 g/mol. The molecule has 0 aliphatic carbocycles. The van der Waals surface area contributed by atoms with Gasteiger partial charge in [0.25, 0.3) is 0 Å². The van der Waals surface area contributed by atoms with Gasteiger partial charge in [-0.2, -0.15) is 0 Å². The van der Waals surface area contributed by atoms with Crippen LogP contribution in [0, 0.1) is 6.92 Å². The summed E-state index contributed by atoms with van der Waals surface area (Å²) in [4.78, 5) is 0. The van der Waals surface area contributed by atoms with Crippen LogP contribution in [0.25, 0.3) is 0 Å². The van der Waals surface area contributed by atoms with E-state index in [1.165, 1.54) is 6.20 Å². The number of hydrogen-bond donors (Lipinski definition) is 1. The maximum Gasteiger partial charge on any atom is 0 e.